The summed E-state index contributed by atoms with van der Waals surface area (Å²) < 4.78 is 6.06. The van der Waals surface area contributed by atoms with E-state index in [-0.39, 0.29) is 5.75 Å². The number of hydrogen-bond donors (Lipinski definition) is 2. The third-order valence-corrected chi connectivity index (χ3v) is 3.89. The summed E-state index contributed by atoms with van der Waals surface area (Å²) in [6, 6.07) is 1.85. The van der Waals surface area contributed by atoms with Gasteiger partial charge in [0.2, 0.25) is 0 Å². The van der Waals surface area contributed by atoms with Crippen molar-refractivity contribution in [3.05, 3.63) is 21.7 Å². The van der Waals surface area contributed by atoms with Gasteiger partial charge < -0.3 is 14.9 Å². The quantitative estimate of drug-likeness (QED) is 0.898. The first kappa shape index (κ1) is 11.7. The molecule has 0 aliphatic heterocycles. The number of rotatable bonds is 3. The Morgan fingerprint density at radius 1 is 1.50 bits per heavy atom. The minimum absolute atomic E-state index is 0.142. The van der Waals surface area contributed by atoms with Crippen molar-refractivity contribution in [2.24, 2.45) is 0 Å². The van der Waals surface area contributed by atoms with E-state index in [2.05, 4.69) is 15.9 Å². The third-order valence-electron chi connectivity index (χ3n) is 3.07. The van der Waals surface area contributed by atoms with Gasteiger partial charge in [0.1, 0.15) is 0 Å². The molecule has 2 rings (SSSR count). The number of ether oxygens (including phenoxy) is 1. The maximum atomic E-state index is 10.0. The molecule has 4 heteroatoms. The van der Waals surface area contributed by atoms with Crippen LogP contribution < -0.4 is 4.74 Å². The summed E-state index contributed by atoms with van der Waals surface area (Å²) >= 11 is 3.43. The van der Waals surface area contributed by atoms with Gasteiger partial charge in [-0.25, -0.2) is 0 Å². The van der Waals surface area contributed by atoms with Crippen molar-refractivity contribution in [2.45, 2.75) is 31.8 Å². The summed E-state index contributed by atoms with van der Waals surface area (Å²) in [7, 11) is 1.53. The lowest BCUT2D eigenvalue weighted by molar-refractivity contribution is 0.149. The molecule has 0 unspecified atom stereocenters. The topological polar surface area (TPSA) is 49.7 Å². The van der Waals surface area contributed by atoms with Crippen molar-refractivity contribution in [3.8, 4) is 11.5 Å². The molecular weight excluding hydrogens is 272 g/mol. The Balaban J connectivity index is 2.41. The number of benzene rings is 1. The van der Waals surface area contributed by atoms with E-state index in [1.165, 1.54) is 7.11 Å². The van der Waals surface area contributed by atoms with Gasteiger partial charge in [-0.1, -0.05) is 15.9 Å². The highest BCUT2D eigenvalue weighted by Crippen LogP contribution is 2.44. The van der Waals surface area contributed by atoms with E-state index in [1.54, 1.807) is 0 Å². The molecule has 0 spiro atoms. The lowest BCUT2D eigenvalue weighted by atomic mass is 10.0. The lowest BCUT2D eigenvalue weighted by Gasteiger charge is -2.15. The van der Waals surface area contributed by atoms with Crippen LogP contribution in [0, 0.1) is 6.92 Å². The number of methoxy groups -OCH3 is 1. The molecule has 0 atom stereocenters. The predicted molar refractivity (Wildman–Crippen MR) is 65.0 cm³/mol. The summed E-state index contributed by atoms with van der Waals surface area (Å²) in [6.45, 7) is 1.87. The van der Waals surface area contributed by atoms with Crippen LogP contribution in [-0.4, -0.2) is 22.9 Å². The summed E-state index contributed by atoms with van der Waals surface area (Å²) in [4.78, 5) is 0. The molecule has 0 heterocycles. The van der Waals surface area contributed by atoms with Crippen molar-refractivity contribution < 1.29 is 14.9 Å². The normalized spacial score (nSPS) is 17.2. The molecule has 0 aromatic heterocycles. The predicted octanol–water partition coefficient (Wildman–Crippen LogP) is 2.54. The molecule has 0 amide bonds. The third kappa shape index (κ3) is 2.04. The Hall–Kier alpha value is -0.740. The van der Waals surface area contributed by atoms with E-state index in [0.717, 1.165) is 28.4 Å². The fraction of sp³-hybridized carbons (Fsp3) is 0.500. The molecule has 88 valence electrons. The zero-order valence-electron chi connectivity index (χ0n) is 9.38. The van der Waals surface area contributed by atoms with Gasteiger partial charge in [0.05, 0.1) is 12.7 Å². The molecule has 1 aliphatic rings. The number of phenolic OH excluding ortho intramolecular Hbond substituents is 1. The molecule has 3 nitrogen and oxygen atoms in total. The monoisotopic (exact) mass is 286 g/mol. The summed E-state index contributed by atoms with van der Waals surface area (Å²) in [5.74, 6) is 0.622. The van der Waals surface area contributed by atoms with Crippen molar-refractivity contribution in [3.63, 3.8) is 0 Å². The summed E-state index contributed by atoms with van der Waals surface area (Å²) in [6.07, 6.45) is 2.09. The first-order chi connectivity index (χ1) is 7.47. The fourth-order valence-electron chi connectivity index (χ4n) is 1.82. The Kier molecular flexibility index (Phi) is 2.88. The molecule has 0 radical (unpaired) electrons. The Morgan fingerprint density at radius 2 is 2.12 bits per heavy atom. The smallest absolute Gasteiger partial charge is 0.164 e. The fourth-order valence-corrected chi connectivity index (χ4v) is 2.28. The van der Waals surface area contributed by atoms with Crippen molar-refractivity contribution >= 4 is 15.9 Å². The lowest BCUT2D eigenvalue weighted by Crippen LogP contribution is -2.11. The summed E-state index contributed by atoms with van der Waals surface area (Å²) in [5.41, 5.74) is 0.984. The van der Waals surface area contributed by atoms with E-state index < -0.39 is 5.60 Å². The second-order valence-electron chi connectivity index (χ2n) is 4.43. The Labute approximate surface area is 103 Å². The largest absolute Gasteiger partial charge is 0.504 e. The molecule has 0 bridgehead atoms. The molecular formula is C12H15BrO3. The van der Waals surface area contributed by atoms with Crippen LogP contribution in [0.3, 0.4) is 0 Å². The van der Waals surface area contributed by atoms with E-state index in [9.17, 15) is 10.2 Å². The Morgan fingerprint density at radius 3 is 2.62 bits per heavy atom. The zero-order valence-corrected chi connectivity index (χ0v) is 11.0. The molecule has 1 saturated carbocycles. The average molecular weight is 287 g/mol. The van der Waals surface area contributed by atoms with Gasteiger partial charge >= 0.3 is 0 Å². The maximum Gasteiger partial charge on any atom is 0.164 e. The second-order valence-corrected chi connectivity index (χ2v) is 5.28. The van der Waals surface area contributed by atoms with Crippen LogP contribution in [0.5, 0.6) is 11.5 Å². The van der Waals surface area contributed by atoms with Gasteiger partial charge in [0.25, 0.3) is 0 Å². The van der Waals surface area contributed by atoms with Crippen LogP contribution in [0.1, 0.15) is 24.0 Å². The molecule has 1 aliphatic carbocycles. The van der Waals surface area contributed by atoms with E-state index in [0.29, 0.717) is 12.2 Å². The highest BCUT2D eigenvalue weighted by Gasteiger charge is 2.41. The van der Waals surface area contributed by atoms with Crippen LogP contribution in [-0.2, 0) is 6.42 Å². The van der Waals surface area contributed by atoms with Crippen molar-refractivity contribution in [1.82, 2.24) is 0 Å². The molecule has 1 aromatic rings. The molecule has 1 aromatic carbocycles. The van der Waals surface area contributed by atoms with Crippen LogP contribution >= 0.6 is 15.9 Å². The average Bonchev–Trinajstić information content (AvgIpc) is 2.94. The van der Waals surface area contributed by atoms with Crippen LogP contribution in [0.2, 0.25) is 0 Å². The van der Waals surface area contributed by atoms with Crippen LogP contribution in [0.4, 0.5) is 0 Å². The van der Waals surface area contributed by atoms with Crippen LogP contribution in [0.25, 0.3) is 0 Å². The van der Waals surface area contributed by atoms with Crippen molar-refractivity contribution in [2.75, 3.05) is 7.11 Å². The van der Waals surface area contributed by atoms with Gasteiger partial charge in [0.15, 0.2) is 11.5 Å². The van der Waals surface area contributed by atoms with Crippen LogP contribution in [0.15, 0.2) is 10.5 Å². The summed E-state index contributed by atoms with van der Waals surface area (Å²) in [5, 5.41) is 19.9. The van der Waals surface area contributed by atoms with E-state index in [1.807, 2.05) is 13.0 Å². The minimum atomic E-state index is -0.614. The highest BCUT2D eigenvalue weighted by molar-refractivity contribution is 9.10. The van der Waals surface area contributed by atoms with Gasteiger partial charge in [-0.15, -0.1) is 0 Å². The number of halogens is 1. The Bertz CT molecular complexity index is 425. The van der Waals surface area contributed by atoms with Gasteiger partial charge in [-0.3, -0.25) is 0 Å². The first-order valence-corrected chi connectivity index (χ1v) is 6.03. The molecule has 16 heavy (non-hydrogen) atoms. The number of aliphatic hydroxyl groups is 1. The molecule has 0 saturated heterocycles. The first-order valence-electron chi connectivity index (χ1n) is 5.24. The molecule has 1 fully saturated rings. The van der Waals surface area contributed by atoms with Gasteiger partial charge in [0, 0.05) is 22.0 Å². The SMILES string of the molecule is COc1c(C)c(Br)cc(CC2(O)CC2)c1O. The van der Waals surface area contributed by atoms with Gasteiger partial charge in [-0.05, 0) is 25.8 Å². The molecule has 2 N–H and O–H groups in total. The zero-order chi connectivity index (χ0) is 11.9. The number of aromatic hydroxyl groups is 1. The van der Waals surface area contributed by atoms with E-state index in [4.69, 9.17) is 4.74 Å². The maximum absolute atomic E-state index is 10.0. The van der Waals surface area contributed by atoms with E-state index >= 15 is 0 Å². The van der Waals surface area contributed by atoms with Crippen molar-refractivity contribution in [1.29, 1.82) is 0 Å². The second kappa shape index (κ2) is 3.93. The number of hydrogen-bond acceptors (Lipinski definition) is 3. The minimum Gasteiger partial charge on any atom is -0.504 e. The number of phenols is 1. The van der Waals surface area contributed by atoms with Gasteiger partial charge in [-0.2, -0.15) is 0 Å². The standard InChI is InChI=1S/C12H15BrO3/c1-7-9(13)5-8(6-12(15)3-4-12)10(14)11(7)16-2/h5,14-15H,3-4,6H2,1-2H3. The highest BCUT2D eigenvalue weighted by atomic mass is 79.9.